The molecule has 4 aromatic rings. The zero-order valence-electron chi connectivity index (χ0n) is 13.8. The van der Waals surface area contributed by atoms with Gasteiger partial charge in [-0.1, -0.05) is 17.3 Å². The number of hydrogen-bond donors (Lipinski definition) is 0. The first-order valence-corrected chi connectivity index (χ1v) is 7.78. The Morgan fingerprint density at radius 1 is 1.00 bits per heavy atom. The molecule has 8 nitrogen and oxygen atoms in total. The van der Waals surface area contributed by atoms with Gasteiger partial charge in [-0.2, -0.15) is 4.98 Å². The number of nitrogens with zero attached hydrogens (tertiary/aromatic N) is 4. The van der Waals surface area contributed by atoms with Crippen LogP contribution in [0, 0.1) is 0 Å². The zero-order valence-corrected chi connectivity index (χ0v) is 13.8. The maximum Gasteiger partial charge on any atom is 0.264 e. The van der Waals surface area contributed by atoms with Crippen LogP contribution in [0.4, 0.5) is 0 Å². The molecule has 0 fully saturated rings. The second-order valence-corrected chi connectivity index (χ2v) is 5.30. The van der Waals surface area contributed by atoms with Crippen molar-refractivity contribution in [2.75, 3.05) is 7.11 Å². The van der Waals surface area contributed by atoms with E-state index in [0.717, 1.165) is 16.9 Å². The standard InChI is InChI=1S/C18H14N4O4/c1-23-15-4-2-3-13(9-15)17-20-16(26-22-17)10-24-14-7-5-12(6-8-14)18-21-19-11-25-18/h2-9,11H,10H2,1H3. The van der Waals surface area contributed by atoms with E-state index in [4.69, 9.17) is 18.4 Å². The number of methoxy groups -OCH3 is 1. The second-order valence-electron chi connectivity index (χ2n) is 5.30. The van der Waals surface area contributed by atoms with Crippen LogP contribution >= 0.6 is 0 Å². The van der Waals surface area contributed by atoms with E-state index in [-0.39, 0.29) is 6.61 Å². The van der Waals surface area contributed by atoms with Crippen LogP contribution in [0.2, 0.25) is 0 Å². The van der Waals surface area contributed by atoms with Crippen molar-refractivity contribution >= 4 is 0 Å². The Morgan fingerprint density at radius 3 is 2.65 bits per heavy atom. The van der Waals surface area contributed by atoms with Crippen LogP contribution in [0.1, 0.15) is 5.89 Å². The van der Waals surface area contributed by atoms with E-state index in [2.05, 4.69) is 20.3 Å². The average molecular weight is 350 g/mol. The van der Waals surface area contributed by atoms with Gasteiger partial charge in [-0.25, -0.2) is 0 Å². The van der Waals surface area contributed by atoms with Gasteiger partial charge in [-0.05, 0) is 36.4 Å². The lowest BCUT2D eigenvalue weighted by Gasteiger charge is -2.03. The lowest BCUT2D eigenvalue weighted by atomic mass is 10.2. The summed E-state index contributed by atoms with van der Waals surface area (Å²) in [4.78, 5) is 4.34. The molecule has 130 valence electrons. The molecule has 26 heavy (non-hydrogen) atoms. The van der Waals surface area contributed by atoms with Crippen molar-refractivity contribution in [3.8, 4) is 34.3 Å². The highest BCUT2D eigenvalue weighted by molar-refractivity contribution is 5.57. The smallest absolute Gasteiger partial charge is 0.264 e. The largest absolute Gasteiger partial charge is 0.497 e. The van der Waals surface area contributed by atoms with Gasteiger partial charge in [0.15, 0.2) is 6.61 Å². The Hall–Kier alpha value is -3.68. The summed E-state index contributed by atoms with van der Waals surface area (Å²) in [6.07, 6.45) is 1.29. The number of rotatable bonds is 6. The molecular weight excluding hydrogens is 336 g/mol. The highest BCUT2D eigenvalue weighted by Crippen LogP contribution is 2.23. The summed E-state index contributed by atoms with van der Waals surface area (Å²) in [7, 11) is 1.61. The van der Waals surface area contributed by atoms with Gasteiger partial charge in [0.2, 0.25) is 18.1 Å². The Labute approximate surface area is 148 Å². The Balaban J connectivity index is 1.41. The minimum Gasteiger partial charge on any atom is -0.497 e. The molecule has 0 radical (unpaired) electrons. The molecule has 0 aliphatic rings. The lowest BCUT2D eigenvalue weighted by molar-refractivity contribution is 0.243. The molecule has 0 spiro atoms. The molecule has 0 aliphatic heterocycles. The van der Waals surface area contributed by atoms with E-state index in [9.17, 15) is 0 Å². The summed E-state index contributed by atoms with van der Waals surface area (Å²) in [5.41, 5.74) is 1.62. The number of ether oxygens (including phenoxy) is 2. The van der Waals surface area contributed by atoms with E-state index in [1.807, 2.05) is 36.4 Å². The predicted octanol–water partition coefficient (Wildman–Crippen LogP) is 3.37. The van der Waals surface area contributed by atoms with Crippen LogP contribution in [-0.4, -0.2) is 27.4 Å². The molecule has 0 saturated carbocycles. The summed E-state index contributed by atoms with van der Waals surface area (Å²) in [5, 5.41) is 11.5. The first-order valence-electron chi connectivity index (χ1n) is 7.78. The summed E-state index contributed by atoms with van der Waals surface area (Å²) >= 11 is 0. The molecule has 2 aromatic heterocycles. The SMILES string of the molecule is COc1cccc(-c2noc(COc3ccc(-c4nnco4)cc3)n2)c1. The molecule has 4 rings (SSSR count). The normalized spacial score (nSPS) is 10.7. The molecule has 0 bridgehead atoms. The number of benzene rings is 2. The molecule has 0 atom stereocenters. The molecule has 2 aromatic carbocycles. The van der Waals surface area contributed by atoms with Crippen LogP contribution in [0.25, 0.3) is 22.8 Å². The van der Waals surface area contributed by atoms with Crippen molar-refractivity contribution in [3.05, 3.63) is 60.8 Å². The highest BCUT2D eigenvalue weighted by atomic mass is 16.5. The highest BCUT2D eigenvalue weighted by Gasteiger charge is 2.10. The van der Waals surface area contributed by atoms with Gasteiger partial charge in [0, 0.05) is 11.1 Å². The second kappa shape index (κ2) is 7.06. The van der Waals surface area contributed by atoms with Crippen LogP contribution in [-0.2, 0) is 6.61 Å². The number of hydrogen-bond acceptors (Lipinski definition) is 8. The number of aromatic nitrogens is 4. The molecule has 0 saturated heterocycles. The van der Waals surface area contributed by atoms with Gasteiger partial charge in [-0.15, -0.1) is 10.2 Å². The van der Waals surface area contributed by atoms with Crippen molar-refractivity contribution in [1.82, 2.24) is 20.3 Å². The maximum atomic E-state index is 5.67. The van der Waals surface area contributed by atoms with Crippen molar-refractivity contribution in [3.63, 3.8) is 0 Å². The Bertz CT molecular complexity index is 981. The Kier molecular flexibility index (Phi) is 4.29. The fraction of sp³-hybridized carbons (Fsp3) is 0.111. The molecule has 8 heteroatoms. The van der Waals surface area contributed by atoms with Crippen LogP contribution < -0.4 is 9.47 Å². The topological polar surface area (TPSA) is 96.3 Å². The van der Waals surface area contributed by atoms with Crippen molar-refractivity contribution in [1.29, 1.82) is 0 Å². The molecule has 0 aliphatic carbocycles. The van der Waals surface area contributed by atoms with E-state index in [0.29, 0.717) is 23.4 Å². The van der Waals surface area contributed by atoms with Crippen molar-refractivity contribution in [2.24, 2.45) is 0 Å². The zero-order chi connectivity index (χ0) is 17.8. The Morgan fingerprint density at radius 2 is 1.88 bits per heavy atom. The molecule has 0 unspecified atom stereocenters. The first kappa shape index (κ1) is 15.8. The predicted molar refractivity (Wildman–Crippen MR) is 90.4 cm³/mol. The molecule has 0 amide bonds. The van der Waals surface area contributed by atoms with Crippen molar-refractivity contribution in [2.45, 2.75) is 6.61 Å². The fourth-order valence-electron chi connectivity index (χ4n) is 2.33. The third kappa shape index (κ3) is 3.39. The fourth-order valence-corrected chi connectivity index (χ4v) is 2.33. The minimum atomic E-state index is 0.164. The van der Waals surface area contributed by atoms with E-state index < -0.39 is 0 Å². The summed E-state index contributed by atoms with van der Waals surface area (Å²) < 4.78 is 21.3. The monoisotopic (exact) mass is 350 g/mol. The average Bonchev–Trinajstić information content (AvgIpc) is 3.39. The third-order valence-corrected chi connectivity index (χ3v) is 3.62. The summed E-state index contributed by atoms with van der Waals surface area (Å²) in [6, 6.07) is 14.7. The maximum absolute atomic E-state index is 5.67. The van der Waals surface area contributed by atoms with Gasteiger partial charge in [-0.3, -0.25) is 0 Å². The van der Waals surface area contributed by atoms with Crippen LogP contribution in [0.5, 0.6) is 11.5 Å². The first-order chi connectivity index (χ1) is 12.8. The van der Waals surface area contributed by atoms with Gasteiger partial charge < -0.3 is 18.4 Å². The third-order valence-electron chi connectivity index (χ3n) is 3.62. The van der Waals surface area contributed by atoms with Gasteiger partial charge in [0.05, 0.1) is 7.11 Å². The lowest BCUT2D eigenvalue weighted by Crippen LogP contribution is -1.95. The quantitative estimate of drug-likeness (QED) is 0.522. The van der Waals surface area contributed by atoms with Gasteiger partial charge in [0.1, 0.15) is 11.5 Å². The van der Waals surface area contributed by atoms with Gasteiger partial charge in [0.25, 0.3) is 5.89 Å². The van der Waals surface area contributed by atoms with Gasteiger partial charge >= 0.3 is 0 Å². The molecule has 0 N–H and O–H groups in total. The van der Waals surface area contributed by atoms with Crippen LogP contribution in [0.15, 0.2) is 63.9 Å². The van der Waals surface area contributed by atoms with E-state index in [1.54, 1.807) is 19.2 Å². The van der Waals surface area contributed by atoms with E-state index >= 15 is 0 Å². The summed E-state index contributed by atoms with van der Waals surface area (Å²) in [5.74, 6) is 2.70. The van der Waals surface area contributed by atoms with E-state index in [1.165, 1.54) is 6.39 Å². The minimum absolute atomic E-state index is 0.164. The molecular formula is C18H14N4O4. The summed E-state index contributed by atoms with van der Waals surface area (Å²) in [6.45, 7) is 0.164. The molecule has 2 heterocycles. The van der Waals surface area contributed by atoms with Crippen LogP contribution in [0.3, 0.4) is 0 Å². The van der Waals surface area contributed by atoms with Crippen molar-refractivity contribution < 1.29 is 18.4 Å².